The van der Waals surface area contributed by atoms with Gasteiger partial charge in [0.05, 0.1) is 21.7 Å². The van der Waals surface area contributed by atoms with Gasteiger partial charge < -0.3 is 0 Å². The molecule has 2 aliphatic rings. The van der Waals surface area contributed by atoms with Crippen molar-refractivity contribution in [3.05, 3.63) is 79.9 Å². The Morgan fingerprint density at radius 2 is 1.43 bits per heavy atom. The summed E-state index contributed by atoms with van der Waals surface area (Å²) in [5.74, 6) is -3.94. The Kier molecular flexibility index (Phi) is 6.36. The van der Waals surface area contributed by atoms with Gasteiger partial charge in [0, 0.05) is 35.4 Å². The van der Waals surface area contributed by atoms with Crippen LogP contribution >= 0.6 is 0 Å². The van der Waals surface area contributed by atoms with Crippen LogP contribution in [0.25, 0.3) is 0 Å². The zero-order valence-corrected chi connectivity index (χ0v) is 18.4. The van der Waals surface area contributed by atoms with Crippen LogP contribution in [-0.4, -0.2) is 49.9 Å². The Bertz CT molecular complexity index is 1220. The number of Topliss-reactive ketones (excluding diaryl/α,β-unsaturated/α-hetero) is 1. The molecule has 0 N–H and O–H groups in total. The van der Waals surface area contributed by atoms with E-state index >= 15 is 0 Å². The van der Waals surface area contributed by atoms with Gasteiger partial charge in [-0.1, -0.05) is 25.0 Å². The van der Waals surface area contributed by atoms with E-state index in [1.165, 1.54) is 30.3 Å². The zero-order valence-electron chi connectivity index (χ0n) is 18.4. The maximum absolute atomic E-state index is 13.4. The number of carbonyl (C=O) groups is 4. The number of amides is 3. The van der Waals surface area contributed by atoms with Crippen LogP contribution < -0.4 is 0 Å². The molecule has 2 aromatic rings. The van der Waals surface area contributed by atoms with Crippen molar-refractivity contribution in [2.75, 3.05) is 6.54 Å². The molecule has 12 heteroatoms. The molecule has 2 aromatic carbocycles. The molecule has 35 heavy (non-hydrogen) atoms. The maximum atomic E-state index is 13.4. The van der Waals surface area contributed by atoms with Crippen LogP contribution in [-0.2, 0) is 9.59 Å². The van der Waals surface area contributed by atoms with E-state index in [0.29, 0.717) is 17.9 Å². The number of benzene rings is 2. The van der Waals surface area contributed by atoms with Crippen molar-refractivity contribution in [1.29, 1.82) is 0 Å². The van der Waals surface area contributed by atoms with E-state index < -0.39 is 51.7 Å². The predicted octanol–water partition coefficient (Wildman–Crippen LogP) is 2.92. The van der Waals surface area contributed by atoms with Crippen LogP contribution in [0.4, 0.5) is 11.4 Å². The van der Waals surface area contributed by atoms with Crippen LogP contribution in [0.3, 0.4) is 0 Å². The molecule has 3 amide bonds. The molecule has 0 radical (unpaired) electrons. The fourth-order valence-corrected chi connectivity index (χ4v) is 4.51. The molecule has 1 heterocycles. The molecule has 1 aliphatic heterocycles. The lowest BCUT2D eigenvalue weighted by Crippen LogP contribution is -2.52. The van der Waals surface area contributed by atoms with Gasteiger partial charge in [0.25, 0.3) is 29.1 Å². The van der Waals surface area contributed by atoms with Gasteiger partial charge in [-0.05, 0) is 25.0 Å². The highest BCUT2D eigenvalue weighted by Crippen LogP contribution is 2.39. The number of nitro benzene ring substituents is 2. The summed E-state index contributed by atoms with van der Waals surface area (Å²) in [6.07, 6.45) is 2.50. The van der Waals surface area contributed by atoms with Gasteiger partial charge in [-0.25, -0.2) is 5.01 Å². The van der Waals surface area contributed by atoms with Gasteiger partial charge in [0.15, 0.2) is 5.78 Å². The van der Waals surface area contributed by atoms with E-state index in [1.807, 2.05) is 0 Å². The molecule has 0 spiro atoms. The van der Waals surface area contributed by atoms with Crippen molar-refractivity contribution in [2.45, 2.75) is 25.7 Å². The van der Waals surface area contributed by atoms with Crippen LogP contribution in [0.2, 0.25) is 0 Å². The van der Waals surface area contributed by atoms with Crippen molar-refractivity contribution in [1.82, 2.24) is 10.0 Å². The maximum Gasteiger partial charge on any atom is 0.273 e. The van der Waals surface area contributed by atoms with Crippen LogP contribution in [0.5, 0.6) is 0 Å². The van der Waals surface area contributed by atoms with Gasteiger partial charge in [0.1, 0.15) is 6.54 Å². The third kappa shape index (κ3) is 4.50. The first-order valence-corrected chi connectivity index (χ1v) is 10.9. The first-order valence-electron chi connectivity index (χ1n) is 10.9. The Hall–Kier alpha value is -4.48. The number of imide groups is 1. The van der Waals surface area contributed by atoms with Crippen LogP contribution in [0, 0.1) is 32.1 Å². The molecule has 1 saturated heterocycles. The molecule has 4 rings (SSSR count). The number of hydrogen-bond acceptors (Lipinski definition) is 8. The van der Waals surface area contributed by atoms with Gasteiger partial charge in [-0.15, -0.1) is 0 Å². The van der Waals surface area contributed by atoms with E-state index in [9.17, 15) is 39.4 Å². The van der Waals surface area contributed by atoms with Crippen molar-refractivity contribution < 1.29 is 29.0 Å². The molecule has 0 aromatic heterocycles. The number of non-ortho nitro benzene ring substituents is 2. The molecule has 12 nitrogen and oxygen atoms in total. The fraction of sp³-hybridized carbons (Fsp3) is 0.304. The molecule has 1 saturated carbocycles. The Morgan fingerprint density at radius 1 is 0.857 bits per heavy atom. The number of carbonyl (C=O) groups excluding carboxylic acids is 4. The summed E-state index contributed by atoms with van der Waals surface area (Å²) in [6.45, 7) is -0.728. The minimum Gasteiger partial charge on any atom is -0.292 e. The smallest absolute Gasteiger partial charge is 0.273 e. The quantitative estimate of drug-likeness (QED) is 0.253. The van der Waals surface area contributed by atoms with Crippen molar-refractivity contribution >= 4 is 34.9 Å². The standard InChI is InChI=1S/C23H20N4O8/c28-20(15-4-3-5-17(12-15)27(34)35)13-24(21(29)14-8-10-16(11-9-14)26(32)33)25-22(30)18-6-1-2-7-19(18)23(25)31/h3-5,8-12,18-19H,1-2,6-7,13H2/t18-,19-/m0/s1. The predicted molar refractivity (Wildman–Crippen MR) is 119 cm³/mol. The molecule has 1 aliphatic carbocycles. The Balaban J connectivity index is 1.70. The summed E-state index contributed by atoms with van der Waals surface area (Å²) < 4.78 is 0. The first kappa shape index (κ1) is 23.7. The molecule has 2 atom stereocenters. The summed E-state index contributed by atoms with van der Waals surface area (Å²) in [4.78, 5) is 73.5. The molecular weight excluding hydrogens is 460 g/mol. The lowest BCUT2D eigenvalue weighted by molar-refractivity contribution is -0.385. The third-order valence-corrected chi connectivity index (χ3v) is 6.29. The minimum absolute atomic E-state index is 0.0714. The average molecular weight is 480 g/mol. The van der Waals surface area contributed by atoms with E-state index in [2.05, 4.69) is 0 Å². The van der Waals surface area contributed by atoms with Gasteiger partial charge in [-0.2, -0.15) is 5.01 Å². The van der Waals surface area contributed by atoms with E-state index in [4.69, 9.17) is 0 Å². The van der Waals surface area contributed by atoms with Gasteiger partial charge in [0.2, 0.25) is 0 Å². The normalized spacial score (nSPS) is 19.3. The van der Waals surface area contributed by atoms with Crippen molar-refractivity contribution in [3.63, 3.8) is 0 Å². The summed E-state index contributed by atoms with van der Waals surface area (Å²) in [5, 5.41) is 23.5. The van der Waals surface area contributed by atoms with E-state index in [-0.39, 0.29) is 22.5 Å². The molecular formula is C23H20N4O8. The largest absolute Gasteiger partial charge is 0.292 e. The van der Waals surface area contributed by atoms with Crippen molar-refractivity contribution in [3.8, 4) is 0 Å². The number of fused-ring (bicyclic) bond motifs is 1. The molecule has 0 unspecified atom stereocenters. The van der Waals surface area contributed by atoms with Gasteiger partial charge in [-0.3, -0.25) is 39.4 Å². The first-order chi connectivity index (χ1) is 16.7. The fourth-order valence-electron chi connectivity index (χ4n) is 4.51. The number of nitro groups is 2. The summed E-state index contributed by atoms with van der Waals surface area (Å²) >= 11 is 0. The van der Waals surface area contributed by atoms with E-state index in [0.717, 1.165) is 36.0 Å². The van der Waals surface area contributed by atoms with E-state index in [1.54, 1.807) is 0 Å². The Morgan fingerprint density at radius 3 is 1.97 bits per heavy atom. The highest BCUT2D eigenvalue weighted by molar-refractivity contribution is 6.09. The number of rotatable bonds is 7. The second kappa shape index (κ2) is 9.41. The van der Waals surface area contributed by atoms with Gasteiger partial charge >= 0.3 is 0 Å². The Labute approximate surface area is 198 Å². The number of ketones is 1. The second-order valence-corrected chi connectivity index (χ2v) is 8.38. The number of nitrogens with zero attached hydrogens (tertiary/aromatic N) is 4. The van der Waals surface area contributed by atoms with Crippen LogP contribution in [0.15, 0.2) is 48.5 Å². The molecule has 180 valence electrons. The van der Waals surface area contributed by atoms with Crippen LogP contribution in [0.1, 0.15) is 46.4 Å². The SMILES string of the molecule is O=C(CN(C(=O)c1ccc([N+](=O)[O-])cc1)N1C(=O)[C@H]2CCCC[C@@H]2C1=O)c1cccc([N+](=O)[O-])c1. The summed E-state index contributed by atoms with van der Waals surface area (Å²) in [5.41, 5.74) is -0.737. The highest BCUT2D eigenvalue weighted by Gasteiger charge is 2.51. The number of hydrogen-bond donors (Lipinski definition) is 0. The minimum atomic E-state index is -0.876. The lowest BCUT2D eigenvalue weighted by atomic mass is 9.81. The molecule has 2 fully saturated rings. The monoisotopic (exact) mass is 480 g/mol. The highest BCUT2D eigenvalue weighted by atomic mass is 16.6. The average Bonchev–Trinajstić information content (AvgIpc) is 3.12. The second-order valence-electron chi connectivity index (χ2n) is 8.38. The lowest BCUT2D eigenvalue weighted by Gasteiger charge is -2.30. The summed E-state index contributed by atoms with van der Waals surface area (Å²) in [7, 11) is 0. The third-order valence-electron chi connectivity index (χ3n) is 6.29. The topological polar surface area (TPSA) is 161 Å². The summed E-state index contributed by atoms with van der Waals surface area (Å²) in [6, 6.07) is 9.43. The zero-order chi connectivity index (χ0) is 25.3. The van der Waals surface area contributed by atoms with Crippen molar-refractivity contribution in [2.24, 2.45) is 11.8 Å². The number of hydrazine groups is 1. The molecule has 0 bridgehead atoms.